The number of hydrogen-bond acceptors (Lipinski definition) is 4. The third-order valence-corrected chi connectivity index (χ3v) is 3.71. The first-order valence-electron chi connectivity index (χ1n) is 6.46. The van der Waals surface area contributed by atoms with Gasteiger partial charge in [0.2, 0.25) is 0 Å². The molecular formula is C16H10BrFN2O2. The van der Waals surface area contributed by atoms with Crippen LogP contribution in [0.1, 0.15) is 15.9 Å². The number of carbonyl (C=O) groups is 1. The Morgan fingerprint density at radius 1 is 1.14 bits per heavy atom. The molecule has 0 saturated heterocycles. The number of esters is 1. The molecule has 0 aliphatic carbocycles. The Morgan fingerprint density at radius 3 is 2.73 bits per heavy atom. The Bertz CT molecular complexity index is 854. The van der Waals surface area contributed by atoms with E-state index in [-0.39, 0.29) is 6.61 Å². The molecule has 6 heteroatoms. The van der Waals surface area contributed by atoms with Crippen LogP contribution in [0.15, 0.2) is 53.3 Å². The van der Waals surface area contributed by atoms with Crippen molar-refractivity contribution in [1.82, 2.24) is 9.97 Å². The molecule has 0 amide bonds. The van der Waals surface area contributed by atoms with Gasteiger partial charge in [-0.05, 0) is 40.2 Å². The van der Waals surface area contributed by atoms with Gasteiger partial charge in [0, 0.05) is 18.0 Å². The van der Waals surface area contributed by atoms with E-state index in [9.17, 15) is 9.18 Å². The highest BCUT2D eigenvalue weighted by atomic mass is 79.9. The summed E-state index contributed by atoms with van der Waals surface area (Å²) in [5.41, 5.74) is 1.95. The Balaban J connectivity index is 1.77. The molecule has 0 atom stereocenters. The normalized spacial score (nSPS) is 10.6. The lowest BCUT2D eigenvalue weighted by Crippen LogP contribution is -2.06. The molecule has 110 valence electrons. The maximum atomic E-state index is 13.8. The predicted molar refractivity (Wildman–Crippen MR) is 82.8 cm³/mol. The van der Waals surface area contributed by atoms with Crippen LogP contribution in [0.5, 0.6) is 0 Å². The van der Waals surface area contributed by atoms with Crippen molar-refractivity contribution in [3.8, 4) is 0 Å². The summed E-state index contributed by atoms with van der Waals surface area (Å²) in [4.78, 5) is 20.3. The number of aromatic nitrogens is 2. The first-order valence-corrected chi connectivity index (χ1v) is 7.25. The van der Waals surface area contributed by atoms with E-state index in [0.29, 0.717) is 26.6 Å². The van der Waals surface area contributed by atoms with E-state index in [1.165, 1.54) is 0 Å². The van der Waals surface area contributed by atoms with E-state index in [4.69, 9.17) is 4.74 Å². The Kier molecular flexibility index (Phi) is 4.11. The zero-order valence-corrected chi connectivity index (χ0v) is 12.9. The third kappa shape index (κ3) is 2.96. The van der Waals surface area contributed by atoms with Crippen molar-refractivity contribution in [3.63, 3.8) is 0 Å². The highest BCUT2D eigenvalue weighted by molar-refractivity contribution is 9.10. The maximum absolute atomic E-state index is 13.8. The molecule has 4 nitrogen and oxygen atoms in total. The van der Waals surface area contributed by atoms with Crippen molar-refractivity contribution in [2.45, 2.75) is 6.61 Å². The van der Waals surface area contributed by atoms with Gasteiger partial charge in [-0.3, -0.25) is 9.97 Å². The van der Waals surface area contributed by atoms with E-state index >= 15 is 0 Å². The minimum Gasteiger partial charge on any atom is -0.457 e. The molecule has 3 rings (SSSR count). The fraction of sp³-hybridized carbons (Fsp3) is 0.0625. The van der Waals surface area contributed by atoms with Gasteiger partial charge in [0.05, 0.1) is 21.1 Å². The van der Waals surface area contributed by atoms with Crippen LogP contribution in [0.4, 0.5) is 4.39 Å². The number of hydrogen-bond donors (Lipinski definition) is 0. The van der Waals surface area contributed by atoms with Crippen molar-refractivity contribution in [1.29, 1.82) is 0 Å². The Morgan fingerprint density at radius 2 is 1.91 bits per heavy atom. The molecule has 0 aliphatic rings. The van der Waals surface area contributed by atoms with E-state index in [1.807, 2.05) is 0 Å². The van der Waals surface area contributed by atoms with Crippen LogP contribution in [0, 0.1) is 5.82 Å². The van der Waals surface area contributed by atoms with Gasteiger partial charge in [-0.25, -0.2) is 9.18 Å². The van der Waals surface area contributed by atoms with E-state index in [0.717, 1.165) is 0 Å². The zero-order chi connectivity index (χ0) is 15.5. The first kappa shape index (κ1) is 14.6. The average Bonchev–Trinajstić information content (AvgIpc) is 2.55. The lowest BCUT2D eigenvalue weighted by atomic mass is 10.2. The van der Waals surface area contributed by atoms with Gasteiger partial charge in [-0.2, -0.15) is 0 Å². The molecule has 0 aliphatic heterocycles. The lowest BCUT2D eigenvalue weighted by molar-refractivity contribution is 0.0469. The van der Waals surface area contributed by atoms with Gasteiger partial charge in [0.25, 0.3) is 0 Å². The van der Waals surface area contributed by atoms with Gasteiger partial charge < -0.3 is 4.74 Å². The summed E-state index contributed by atoms with van der Waals surface area (Å²) in [6.07, 6.45) is 3.13. The van der Waals surface area contributed by atoms with Crippen LogP contribution in [0.2, 0.25) is 0 Å². The summed E-state index contributed by atoms with van der Waals surface area (Å²) >= 11 is 3.09. The fourth-order valence-corrected chi connectivity index (χ4v) is 2.38. The van der Waals surface area contributed by atoms with Crippen LogP contribution in [-0.2, 0) is 11.3 Å². The fourth-order valence-electron chi connectivity index (χ4n) is 1.98. The minimum absolute atomic E-state index is 0.136. The highest BCUT2D eigenvalue weighted by Crippen LogP contribution is 2.20. The van der Waals surface area contributed by atoms with Crippen LogP contribution in [-0.4, -0.2) is 15.9 Å². The van der Waals surface area contributed by atoms with Gasteiger partial charge in [-0.15, -0.1) is 0 Å². The van der Waals surface area contributed by atoms with Crippen molar-refractivity contribution in [2.75, 3.05) is 0 Å². The summed E-state index contributed by atoms with van der Waals surface area (Å²) in [5.74, 6) is -0.966. The Labute approximate surface area is 134 Å². The molecule has 1 heterocycles. The van der Waals surface area contributed by atoms with Crippen molar-refractivity contribution < 1.29 is 13.9 Å². The van der Waals surface area contributed by atoms with Crippen molar-refractivity contribution in [3.05, 3.63) is 70.2 Å². The topological polar surface area (TPSA) is 52.1 Å². The number of rotatable bonds is 3. The second kappa shape index (κ2) is 6.19. The Hall–Kier alpha value is -2.34. The summed E-state index contributed by atoms with van der Waals surface area (Å²) in [6, 6.07) is 9.74. The molecule has 0 saturated carbocycles. The molecule has 2 aromatic carbocycles. The van der Waals surface area contributed by atoms with E-state index in [1.54, 1.807) is 48.8 Å². The standard InChI is InChI=1S/C16H10BrFN2O2/c17-12-3-1-2-11(15(12)18)9-22-16(21)10-4-5-13-14(8-10)20-7-6-19-13/h1-8H,9H2. The highest BCUT2D eigenvalue weighted by Gasteiger charge is 2.12. The molecule has 0 radical (unpaired) electrons. The third-order valence-electron chi connectivity index (χ3n) is 3.10. The molecular weight excluding hydrogens is 351 g/mol. The maximum Gasteiger partial charge on any atom is 0.338 e. The molecule has 0 N–H and O–H groups in total. The van der Waals surface area contributed by atoms with Crippen molar-refractivity contribution in [2.24, 2.45) is 0 Å². The summed E-state index contributed by atoms with van der Waals surface area (Å²) < 4.78 is 19.3. The molecule has 0 spiro atoms. The van der Waals surface area contributed by atoms with Crippen LogP contribution in [0.3, 0.4) is 0 Å². The lowest BCUT2D eigenvalue weighted by Gasteiger charge is -2.07. The van der Waals surface area contributed by atoms with Crippen LogP contribution < -0.4 is 0 Å². The summed E-state index contributed by atoms with van der Waals surface area (Å²) in [5, 5.41) is 0. The number of fused-ring (bicyclic) bond motifs is 1. The zero-order valence-electron chi connectivity index (χ0n) is 11.3. The number of halogens is 2. The SMILES string of the molecule is O=C(OCc1cccc(Br)c1F)c1ccc2nccnc2c1. The van der Waals surface area contributed by atoms with Gasteiger partial charge in [0.15, 0.2) is 0 Å². The second-order valence-corrected chi connectivity index (χ2v) is 5.40. The minimum atomic E-state index is -0.535. The largest absolute Gasteiger partial charge is 0.457 e. The van der Waals surface area contributed by atoms with E-state index in [2.05, 4.69) is 25.9 Å². The average molecular weight is 361 g/mol. The van der Waals surface area contributed by atoms with Gasteiger partial charge in [-0.1, -0.05) is 12.1 Å². The molecule has 3 aromatic rings. The monoisotopic (exact) mass is 360 g/mol. The molecule has 22 heavy (non-hydrogen) atoms. The number of nitrogens with zero attached hydrogens (tertiary/aromatic N) is 2. The number of carbonyl (C=O) groups excluding carboxylic acids is 1. The smallest absolute Gasteiger partial charge is 0.338 e. The molecule has 1 aromatic heterocycles. The van der Waals surface area contributed by atoms with Crippen molar-refractivity contribution >= 4 is 32.9 Å². The molecule has 0 fully saturated rings. The summed E-state index contributed by atoms with van der Waals surface area (Å²) in [6.45, 7) is -0.136. The van der Waals surface area contributed by atoms with E-state index < -0.39 is 11.8 Å². The van der Waals surface area contributed by atoms with Gasteiger partial charge >= 0.3 is 5.97 Å². The van der Waals surface area contributed by atoms with Crippen LogP contribution in [0.25, 0.3) is 11.0 Å². The predicted octanol–water partition coefficient (Wildman–Crippen LogP) is 3.89. The second-order valence-electron chi connectivity index (χ2n) is 4.55. The number of benzene rings is 2. The van der Waals surface area contributed by atoms with Gasteiger partial charge in [0.1, 0.15) is 12.4 Å². The summed E-state index contributed by atoms with van der Waals surface area (Å²) in [7, 11) is 0. The first-order chi connectivity index (χ1) is 10.6. The van der Waals surface area contributed by atoms with Crippen LogP contribution >= 0.6 is 15.9 Å². The molecule has 0 bridgehead atoms. The number of ether oxygens (including phenoxy) is 1. The quantitative estimate of drug-likeness (QED) is 0.665. The molecule has 0 unspecified atom stereocenters.